The van der Waals surface area contributed by atoms with Crippen LogP contribution in [0.3, 0.4) is 0 Å². The Morgan fingerprint density at radius 1 is 1.24 bits per heavy atom. The first-order valence-electron chi connectivity index (χ1n) is 10.9. The van der Waals surface area contributed by atoms with Crippen molar-refractivity contribution >= 4 is 40.7 Å². The molecular formula is C22H21ClFN5O5. The molecule has 1 unspecified atom stereocenters. The maximum Gasteiger partial charge on any atom is 0.296 e. The number of aromatic nitrogens is 3. The Labute approximate surface area is 197 Å². The molecule has 0 bridgehead atoms. The van der Waals surface area contributed by atoms with Gasteiger partial charge < -0.3 is 34.9 Å². The molecule has 4 heterocycles. The van der Waals surface area contributed by atoms with Gasteiger partial charge in [-0.05, 0) is 36.6 Å². The SMILES string of the molecule is O=CNc1cc(F)c2c(c1)CCC2Nc1nc2nc(O[C@@H]3CO[C@H]4[C@@H]3OC[C@H]4O)[nH]c2cc1Cl. The van der Waals surface area contributed by atoms with E-state index < -0.39 is 24.1 Å². The number of halogens is 2. The van der Waals surface area contributed by atoms with E-state index in [2.05, 4.69) is 25.6 Å². The lowest BCUT2D eigenvalue weighted by Gasteiger charge is -2.17. The van der Waals surface area contributed by atoms with Gasteiger partial charge in [0.25, 0.3) is 6.01 Å². The number of imidazole rings is 1. The van der Waals surface area contributed by atoms with Gasteiger partial charge in [-0.15, -0.1) is 0 Å². The van der Waals surface area contributed by atoms with Crippen molar-refractivity contribution in [1.82, 2.24) is 15.0 Å². The lowest BCUT2D eigenvalue weighted by molar-refractivity contribution is -0.105. The van der Waals surface area contributed by atoms with Crippen LogP contribution < -0.4 is 15.4 Å². The van der Waals surface area contributed by atoms with Crippen LogP contribution in [0.25, 0.3) is 11.2 Å². The number of aliphatic hydroxyl groups is 1. The number of hydrogen-bond acceptors (Lipinski definition) is 8. The molecular weight excluding hydrogens is 469 g/mol. The molecule has 0 spiro atoms. The molecule has 34 heavy (non-hydrogen) atoms. The van der Waals surface area contributed by atoms with Crippen LogP contribution in [0.5, 0.6) is 6.01 Å². The van der Waals surface area contributed by atoms with Gasteiger partial charge in [-0.3, -0.25) is 4.79 Å². The normalized spacial score (nSPS) is 27.6. The summed E-state index contributed by atoms with van der Waals surface area (Å²) in [7, 11) is 0. The number of fused-ring (bicyclic) bond motifs is 3. The van der Waals surface area contributed by atoms with E-state index in [-0.39, 0.29) is 31.4 Å². The van der Waals surface area contributed by atoms with Gasteiger partial charge >= 0.3 is 0 Å². The number of hydrogen-bond donors (Lipinski definition) is 4. The number of anilines is 2. The minimum absolute atomic E-state index is 0.210. The van der Waals surface area contributed by atoms with Crippen molar-refractivity contribution in [2.75, 3.05) is 23.8 Å². The Bertz CT molecular complexity index is 1270. The van der Waals surface area contributed by atoms with Crippen LogP contribution in [0.2, 0.25) is 5.02 Å². The molecule has 2 saturated heterocycles. The van der Waals surface area contributed by atoms with E-state index in [1.807, 2.05) is 0 Å². The molecule has 10 nitrogen and oxygen atoms in total. The molecule has 0 saturated carbocycles. The molecule has 6 rings (SSSR count). The van der Waals surface area contributed by atoms with Crippen LogP contribution in [0.1, 0.15) is 23.6 Å². The third-order valence-electron chi connectivity index (χ3n) is 6.45. The maximum atomic E-state index is 14.8. The highest BCUT2D eigenvalue weighted by atomic mass is 35.5. The van der Waals surface area contributed by atoms with E-state index in [0.717, 1.165) is 5.56 Å². The van der Waals surface area contributed by atoms with E-state index in [1.54, 1.807) is 12.1 Å². The van der Waals surface area contributed by atoms with Crippen molar-refractivity contribution in [1.29, 1.82) is 0 Å². The Morgan fingerprint density at radius 3 is 2.94 bits per heavy atom. The Balaban J connectivity index is 1.22. The molecule has 4 N–H and O–H groups in total. The summed E-state index contributed by atoms with van der Waals surface area (Å²) in [6, 6.07) is 4.67. The summed E-state index contributed by atoms with van der Waals surface area (Å²) in [6.45, 7) is 0.489. The number of benzene rings is 1. The van der Waals surface area contributed by atoms with Crippen LogP contribution in [0, 0.1) is 5.82 Å². The molecule has 5 atom stereocenters. The summed E-state index contributed by atoms with van der Waals surface area (Å²) in [5, 5.41) is 16.0. The second-order valence-electron chi connectivity index (χ2n) is 8.58. The number of ether oxygens (including phenoxy) is 3. The van der Waals surface area contributed by atoms with Gasteiger partial charge in [0.1, 0.15) is 29.9 Å². The molecule has 3 aromatic rings. The summed E-state index contributed by atoms with van der Waals surface area (Å²) in [5.41, 5.74) is 2.75. The number of amides is 1. The van der Waals surface area contributed by atoms with Crippen LogP contribution in [-0.4, -0.2) is 64.1 Å². The van der Waals surface area contributed by atoms with Crippen molar-refractivity contribution in [2.45, 2.75) is 43.3 Å². The molecule has 3 aliphatic rings. The third kappa shape index (κ3) is 3.65. The number of nitrogens with zero attached hydrogens (tertiary/aromatic N) is 2. The average Bonchev–Trinajstić information content (AvgIpc) is 3.56. The van der Waals surface area contributed by atoms with Crippen molar-refractivity contribution in [3.05, 3.63) is 40.2 Å². The van der Waals surface area contributed by atoms with Gasteiger partial charge in [-0.2, -0.15) is 4.98 Å². The Morgan fingerprint density at radius 2 is 2.09 bits per heavy atom. The molecule has 2 fully saturated rings. The van der Waals surface area contributed by atoms with Crippen molar-refractivity contribution < 1.29 is 28.5 Å². The first-order valence-corrected chi connectivity index (χ1v) is 11.3. The predicted molar refractivity (Wildman–Crippen MR) is 120 cm³/mol. The molecule has 1 aromatic carbocycles. The second-order valence-corrected chi connectivity index (χ2v) is 8.99. The number of pyridine rings is 1. The fourth-order valence-corrected chi connectivity index (χ4v) is 5.12. The Hall–Kier alpha value is -2.99. The van der Waals surface area contributed by atoms with Gasteiger partial charge in [0.15, 0.2) is 11.8 Å². The fraction of sp³-hybridized carbons (Fsp3) is 0.409. The van der Waals surface area contributed by atoms with Gasteiger partial charge in [0, 0.05) is 11.3 Å². The topological polar surface area (TPSA) is 131 Å². The predicted octanol–water partition coefficient (Wildman–Crippen LogP) is 2.32. The van der Waals surface area contributed by atoms with E-state index in [4.69, 9.17) is 25.8 Å². The fourth-order valence-electron chi connectivity index (χ4n) is 4.92. The van der Waals surface area contributed by atoms with Crippen molar-refractivity contribution in [3.8, 4) is 6.01 Å². The third-order valence-corrected chi connectivity index (χ3v) is 6.74. The summed E-state index contributed by atoms with van der Waals surface area (Å²) in [5.74, 6) is -0.0214. The van der Waals surface area contributed by atoms with Gasteiger partial charge in [-0.25, -0.2) is 9.37 Å². The maximum absolute atomic E-state index is 14.8. The molecule has 1 aliphatic carbocycles. The van der Waals surface area contributed by atoms with Crippen LogP contribution >= 0.6 is 11.6 Å². The molecule has 2 aliphatic heterocycles. The molecule has 0 radical (unpaired) electrons. The van der Waals surface area contributed by atoms with E-state index in [9.17, 15) is 14.3 Å². The summed E-state index contributed by atoms with van der Waals surface area (Å²) in [4.78, 5) is 22.6. The number of H-pyrrole nitrogens is 1. The second kappa shape index (κ2) is 8.35. The zero-order chi connectivity index (χ0) is 23.4. The average molecular weight is 490 g/mol. The monoisotopic (exact) mass is 489 g/mol. The lowest BCUT2D eigenvalue weighted by atomic mass is 10.1. The molecule has 178 valence electrons. The number of aliphatic hydroxyl groups excluding tert-OH is 1. The molecule has 1 amide bonds. The molecule has 2 aromatic heterocycles. The van der Waals surface area contributed by atoms with Crippen molar-refractivity contribution in [3.63, 3.8) is 0 Å². The smallest absolute Gasteiger partial charge is 0.296 e. The number of carbonyl (C=O) groups is 1. The minimum Gasteiger partial charge on any atom is -0.456 e. The zero-order valence-corrected chi connectivity index (χ0v) is 18.5. The first-order chi connectivity index (χ1) is 16.5. The molecule has 12 heteroatoms. The van der Waals surface area contributed by atoms with Gasteiger partial charge in [0.2, 0.25) is 6.41 Å². The number of aryl methyl sites for hydroxylation is 1. The van der Waals surface area contributed by atoms with Crippen LogP contribution in [0.4, 0.5) is 15.9 Å². The van der Waals surface area contributed by atoms with Gasteiger partial charge in [0.05, 0.1) is 29.8 Å². The summed E-state index contributed by atoms with van der Waals surface area (Å²) in [6.07, 6.45) is -0.0170. The van der Waals surface area contributed by atoms with E-state index in [1.165, 1.54) is 6.07 Å². The summed E-state index contributed by atoms with van der Waals surface area (Å²) < 4.78 is 31.9. The summed E-state index contributed by atoms with van der Waals surface area (Å²) >= 11 is 6.46. The van der Waals surface area contributed by atoms with Crippen molar-refractivity contribution in [2.24, 2.45) is 0 Å². The number of aromatic amines is 1. The number of carbonyl (C=O) groups excluding carboxylic acids is 1. The highest BCUT2D eigenvalue weighted by Gasteiger charge is 2.48. The highest BCUT2D eigenvalue weighted by molar-refractivity contribution is 6.33. The van der Waals surface area contributed by atoms with Gasteiger partial charge in [-0.1, -0.05) is 11.6 Å². The standard InChI is InChI=1S/C22H21ClFN5O5/c23-11-5-14-21(29-22(27-14)34-16-7-33-18-15(31)6-32-19(16)18)28-20(11)26-13-2-1-9-3-10(25-8-30)4-12(24)17(9)13/h3-5,8,13,15-16,18-19,31H,1-2,6-7H2,(H,25,30)(H2,26,27,28,29)/t13?,15-,16-,18-,19-/m1/s1. The minimum atomic E-state index is -0.665. The van der Waals surface area contributed by atoms with E-state index >= 15 is 0 Å². The number of rotatable bonds is 6. The lowest BCUT2D eigenvalue weighted by Crippen LogP contribution is -2.34. The number of nitrogens with one attached hydrogen (secondary N) is 3. The highest BCUT2D eigenvalue weighted by Crippen LogP contribution is 2.39. The zero-order valence-electron chi connectivity index (χ0n) is 17.8. The van der Waals surface area contributed by atoms with E-state index in [0.29, 0.717) is 52.5 Å². The van der Waals surface area contributed by atoms with Crippen LogP contribution in [-0.2, 0) is 20.7 Å². The quantitative estimate of drug-likeness (QED) is 0.388. The first kappa shape index (κ1) is 21.5. The van der Waals surface area contributed by atoms with Crippen LogP contribution in [0.15, 0.2) is 18.2 Å². The Kier molecular flexibility index (Phi) is 5.29. The largest absolute Gasteiger partial charge is 0.456 e.